The summed E-state index contributed by atoms with van der Waals surface area (Å²) >= 11 is 0. The summed E-state index contributed by atoms with van der Waals surface area (Å²) < 4.78 is 3.56. The number of carbonyl (C=O) groups excluding carboxylic acids is 1. The van der Waals surface area contributed by atoms with E-state index in [1.165, 1.54) is 0 Å². The molecule has 0 fully saturated rings. The number of quaternary nitrogens is 1. The summed E-state index contributed by atoms with van der Waals surface area (Å²) in [6.07, 6.45) is -1.50. The van der Waals surface area contributed by atoms with Crippen molar-refractivity contribution in [3.8, 4) is 0 Å². The van der Waals surface area contributed by atoms with E-state index >= 15 is 0 Å². The first-order valence-electron chi connectivity index (χ1n) is 2.23. The molecule has 0 spiro atoms. The Morgan fingerprint density at radius 1 is 1.88 bits per heavy atom. The number of carboxylic acid groups (broad SMARTS) is 1. The van der Waals surface area contributed by atoms with Crippen LogP contribution in [0, 0.1) is 0 Å². The average Bonchev–Trinajstić information content (AvgIpc) is 1.69. The lowest BCUT2D eigenvalue weighted by Gasteiger charge is -1.92. The summed E-state index contributed by atoms with van der Waals surface area (Å²) in [7, 11) is 1.04. The van der Waals surface area contributed by atoms with E-state index in [1.807, 2.05) is 6.92 Å². The van der Waals surface area contributed by atoms with Gasteiger partial charge < -0.3 is 20.4 Å². The number of ether oxygens (including phenoxy) is 1. The zero-order valence-electron chi connectivity index (χ0n) is 5.14. The van der Waals surface area contributed by atoms with E-state index in [9.17, 15) is 0 Å². The molecule has 0 atom stereocenters. The molecule has 0 aromatic rings. The van der Waals surface area contributed by atoms with Gasteiger partial charge in [-0.3, -0.25) is 0 Å². The summed E-state index contributed by atoms with van der Waals surface area (Å²) in [5.41, 5.74) is 3.49. The highest BCUT2D eigenvalue weighted by Crippen LogP contribution is 1.53. The standard InChI is InChI=1S/C2H7N.C2H4O3/c1-2-3;1-5-2(3)4/h2-3H2,1H3;1H3,(H,3,4). The zero-order chi connectivity index (χ0) is 6.99. The quantitative estimate of drug-likeness (QED) is 0.385. The molecular formula is C4H11NO3. The third-order valence-electron chi connectivity index (χ3n) is 0.167. The fraction of sp³-hybridized carbons (Fsp3) is 0.750. The summed E-state index contributed by atoms with van der Waals surface area (Å²) in [6.45, 7) is 3.01. The molecule has 4 nitrogen and oxygen atoms in total. The molecule has 50 valence electrons. The molecule has 0 unspecified atom stereocenters. The van der Waals surface area contributed by atoms with Gasteiger partial charge in [-0.1, -0.05) is 0 Å². The van der Waals surface area contributed by atoms with Gasteiger partial charge in [0.2, 0.25) is 0 Å². The van der Waals surface area contributed by atoms with E-state index in [4.69, 9.17) is 9.90 Å². The second-order valence-corrected chi connectivity index (χ2v) is 0.954. The lowest BCUT2D eigenvalue weighted by Crippen LogP contribution is -2.48. The largest absolute Gasteiger partial charge is 0.553 e. The third-order valence-corrected chi connectivity index (χ3v) is 0.167. The van der Waals surface area contributed by atoms with Gasteiger partial charge in [-0.15, -0.1) is 0 Å². The lowest BCUT2D eigenvalue weighted by molar-refractivity contribution is -0.361. The average molecular weight is 121 g/mol. The molecule has 0 aliphatic carbocycles. The van der Waals surface area contributed by atoms with Crippen molar-refractivity contribution < 1.29 is 20.4 Å². The number of hydrogen-bond donors (Lipinski definition) is 1. The van der Waals surface area contributed by atoms with Gasteiger partial charge >= 0.3 is 0 Å². The van der Waals surface area contributed by atoms with E-state index in [0.29, 0.717) is 0 Å². The fourth-order valence-corrected chi connectivity index (χ4v) is 0. The molecule has 0 saturated carbocycles. The number of carbonyl (C=O) groups is 1. The Morgan fingerprint density at radius 2 is 2.00 bits per heavy atom. The maximum absolute atomic E-state index is 9.03. The van der Waals surface area contributed by atoms with Gasteiger partial charge in [-0.05, 0) is 6.92 Å². The van der Waals surface area contributed by atoms with Gasteiger partial charge in [-0.25, -0.2) is 0 Å². The molecule has 0 radical (unpaired) electrons. The Bertz CT molecular complexity index is 55.2. The molecule has 8 heavy (non-hydrogen) atoms. The van der Waals surface area contributed by atoms with Crippen molar-refractivity contribution in [2.24, 2.45) is 0 Å². The lowest BCUT2D eigenvalue weighted by atomic mass is 10.8. The van der Waals surface area contributed by atoms with E-state index in [-0.39, 0.29) is 0 Å². The molecule has 0 aliphatic rings. The van der Waals surface area contributed by atoms with Crippen molar-refractivity contribution >= 4 is 6.16 Å². The van der Waals surface area contributed by atoms with Crippen LogP contribution < -0.4 is 10.8 Å². The van der Waals surface area contributed by atoms with Crippen molar-refractivity contribution in [3.63, 3.8) is 0 Å². The minimum atomic E-state index is -1.50. The molecule has 0 bridgehead atoms. The summed E-state index contributed by atoms with van der Waals surface area (Å²) in [6, 6.07) is 0. The maximum Gasteiger partial charge on any atom is 0.251 e. The van der Waals surface area contributed by atoms with Crippen LogP contribution in [0.25, 0.3) is 0 Å². The van der Waals surface area contributed by atoms with Crippen LogP contribution in [0.1, 0.15) is 6.92 Å². The van der Waals surface area contributed by atoms with Crippen molar-refractivity contribution in [3.05, 3.63) is 0 Å². The molecule has 0 aliphatic heterocycles. The predicted molar refractivity (Wildman–Crippen MR) is 25.8 cm³/mol. The monoisotopic (exact) mass is 121 g/mol. The smallest absolute Gasteiger partial charge is 0.251 e. The van der Waals surface area contributed by atoms with E-state index < -0.39 is 6.16 Å². The van der Waals surface area contributed by atoms with Gasteiger partial charge in [0.25, 0.3) is 6.16 Å². The highest BCUT2D eigenvalue weighted by atomic mass is 16.6. The second-order valence-electron chi connectivity index (χ2n) is 0.954. The van der Waals surface area contributed by atoms with Gasteiger partial charge in [0.1, 0.15) is 0 Å². The zero-order valence-corrected chi connectivity index (χ0v) is 5.14. The van der Waals surface area contributed by atoms with Crippen LogP contribution in [0.4, 0.5) is 4.79 Å². The predicted octanol–water partition coefficient (Wildman–Crippen LogP) is -1.78. The second kappa shape index (κ2) is 9.52. The van der Waals surface area contributed by atoms with Crippen molar-refractivity contribution in [1.29, 1.82) is 0 Å². The summed E-state index contributed by atoms with van der Waals surface area (Å²) in [5, 5.41) is 9.03. The minimum Gasteiger partial charge on any atom is -0.553 e. The van der Waals surface area contributed by atoms with Crippen molar-refractivity contribution in [2.75, 3.05) is 13.7 Å². The first-order valence-corrected chi connectivity index (χ1v) is 2.23. The Kier molecular flexibility index (Phi) is 12.2. The van der Waals surface area contributed by atoms with E-state index in [0.717, 1.165) is 13.7 Å². The van der Waals surface area contributed by atoms with Crippen LogP contribution in [0.3, 0.4) is 0 Å². The van der Waals surface area contributed by atoms with Crippen LogP contribution in [-0.4, -0.2) is 19.8 Å². The van der Waals surface area contributed by atoms with Gasteiger partial charge in [0.15, 0.2) is 0 Å². The SMILES string of the molecule is CC[NH3+].COC(=O)[O-]. The fourth-order valence-electron chi connectivity index (χ4n) is 0. The Balaban J connectivity index is 0. The molecule has 0 amide bonds. The van der Waals surface area contributed by atoms with Crippen LogP contribution in [0.2, 0.25) is 0 Å². The Hall–Kier alpha value is -0.770. The van der Waals surface area contributed by atoms with Crippen molar-refractivity contribution in [1.82, 2.24) is 0 Å². The number of rotatable bonds is 0. The molecule has 3 N–H and O–H groups in total. The van der Waals surface area contributed by atoms with Crippen molar-refractivity contribution in [2.45, 2.75) is 6.92 Å². The minimum absolute atomic E-state index is 1.00. The molecule has 0 saturated heterocycles. The summed E-state index contributed by atoms with van der Waals surface area (Å²) in [5.74, 6) is 0. The number of hydrogen-bond acceptors (Lipinski definition) is 3. The molecule has 0 rings (SSSR count). The van der Waals surface area contributed by atoms with E-state index in [2.05, 4.69) is 10.5 Å². The van der Waals surface area contributed by atoms with Crippen LogP contribution in [0.5, 0.6) is 0 Å². The molecule has 0 aromatic carbocycles. The van der Waals surface area contributed by atoms with Crippen LogP contribution in [0.15, 0.2) is 0 Å². The highest BCUT2D eigenvalue weighted by molar-refractivity contribution is 5.53. The van der Waals surface area contributed by atoms with Gasteiger partial charge in [0, 0.05) is 7.11 Å². The Labute approximate surface area is 48.2 Å². The summed E-state index contributed by atoms with van der Waals surface area (Å²) in [4.78, 5) is 9.03. The third kappa shape index (κ3) is 61.9. The first-order chi connectivity index (χ1) is 3.68. The molecular weight excluding hydrogens is 110 g/mol. The maximum atomic E-state index is 9.03. The van der Waals surface area contributed by atoms with E-state index in [1.54, 1.807) is 0 Å². The topological polar surface area (TPSA) is 77.0 Å². The van der Waals surface area contributed by atoms with Gasteiger partial charge in [0.05, 0.1) is 6.54 Å². The van der Waals surface area contributed by atoms with Gasteiger partial charge in [-0.2, -0.15) is 0 Å². The van der Waals surface area contributed by atoms with Crippen LogP contribution >= 0.6 is 0 Å². The molecule has 4 heteroatoms. The van der Waals surface area contributed by atoms with Crippen LogP contribution in [-0.2, 0) is 4.74 Å². The number of methoxy groups -OCH3 is 1. The normalized spacial score (nSPS) is 6.38. The molecule has 0 aromatic heterocycles. The highest BCUT2D eigenvalue weighted by Gasteiger charge is 1.63. The first kappa shape index (κ1) is 10.3. The molecule has 0 heterocycles. The Morgan fingerprint density at radius 3 is 2.00 bits per heavy atom.